The van der Waals surface area contributed by atoms with Crippen molar-refractivity contribution in [2.24, 2.45) is 7.05 Å². The zero-order valence-electron chi connectivity index (χ0n) is 14.9. The van der Waals surface area contributed by atoms with Crippen molar-refractivity contribution < 1.29 is 9.53 Å². The van der Waals surface area contributed by atoms with Crippen LogP contribution in [0.25, 0.3) is 22.3 Å². The van der Waals surface area contributed by atoms with E-state index in [1.165, 1.54) is 0 Å². The zero-order chi connectivity index (χ0) is 17.9. The lowest BCUT2D eigenvalue weighted by atomic mass is 10.2. The van der Waals surface area contributed by atoms with Gasteiger partial charge in [0, 0.05) is 44.1 Å². The molecule has 2 N–H and O–H groups in total. The summed E-state index contributed by atoms with van der Waals surface area (Å²) in [7, 11) is 1.85. The molecule has 0 spiro atoms. The Labute approximate surface area is 151 Å². The van der Waals surface area contributed by atoms with Gasteiger partial charge < -0.3 is 15.0 Å². The molecule has 0 unspecified atom stereocenters. The first-order valence-corrected chi connectivity index (χ1v) is 8.91. The Balaban J connectivity index is 1.42. The average Bonchev–Trinajstić information content (AvgIpc) is 3.25. The molecule has 1 amide bonds. The second kappa shape index (κ2) is 7.31. The Morgan fingerprint density at radius 3 is 2.88 bits per heavy atom. The highest BCUT2D eigenvalue weighted by Gasteiger charge is 2.16. The number of nitrogens with one attached hydrogen (secondary N) is 2. The summed E-state index contributed by atoms with van der Waals surface area (Å²) >= 11 is 0. The summed E-state index contributed by atoms with van der Waals surface area (Å²) in [5.74, 6) is -0.142. The average molecular weight is 353 g/mol. The Kier molecular flexibility index (Phi) is 4.73. The molecule has 0 atom stereocenters. The van der Waals surface area contributed by atoms with E-state index in [4.69, 9.17) is 4.74 Å². The van der Waals surface area contributed by atoms with Gasteiger partial charge in [0.2, 0.25) is 0 Å². The van der Waals surface area contributed by atoms with Crippen molar-refractivity contribution in [3.05, 3.63) is 42.1 Å². The van der Waals surface area contributed by atoms with Crippen LogP contribution in [0.2, 0.25) is 0 Å². The minimum atomic E-state index is -0.142. The number of ether oxygens (including phenoxy) is 1. The van der Waals surface area contributed by atoms with Gasteiger partial charge in [-0.15, -0.1) is 0 Å². The molecule has 4 rings (SSSR count). The number of fused-ring (bicyclic) bond motifs is 1. The van der Waals surface area contributed by atoms with Gasteiger partial charge in [-0.2, -0.15) is 5.10 Å². The van der Waals surface area contributed by atoms with Crippen LogP contribution in [0.5, 0.6) is 0 Å². The van der Waals surface area contributed by atoms with Gasteiger partial charge in [-0.1, -0.05) is 18.2 Å². The Bertz CT molecular complexity index is 875. The molecule has 2 aromatic heterocycles. The predicted molar refractivity (Wildman–Crippen MR) is 100 cm³/mol. The first-order chi connectivity index (χ1) is 12.7. The van der Waals surface area contributed by atoms with E-state index in [1.807, 2.05) is 31.3 Å². The molecule has 7 heteroatoms. The minimum absolute atomic E-state index is 0.142. The summed E-state index contributed by atoms with van der Waals surface area (Å²) in [4.78, 5) is 18.1. The first kappa shape index (κ1) is 16.8. The van der Waals surface area contributed by atoms with Crippen LogP contribution in [0.15, 0.2) is 36.4 Å². The third-order valence-corrected chi connectivity index (χ3v) is 4.74. The zero-order valence-corrected chi connectivity index (χ0v) is 14.9. The molecule has 3 heterocycles. The standard InChI is InChI=1S/C19H23N5O2/c1-23-18(16-12-14-4-2-3-5-15(14)21-16)13-17(22-23)19(25)20-6-7-24-8-10-26-11-9-24/h2-5,12-13,21H,6-11H2,1H3,(H,20,25). The minimum Gasteiger partial charge on any atom is -0.379 e. The van der Waals surface area contributed by atoms with Crippen LogP contribution in [-0.2, 0) is 11.8 Å². The molecule has 7 nitrogen and oxygen atoms in total. The highest BCUT2D eigenvalue weighted by Crippen LogP contribution is 2.24. The predicted octanol–water partition coefficient (Wildman–Crippen LogP) is 1.63. The van der Waals surface area contributed by atoms with Crippen LogP contribution in [0.4, 0.5) is 0 Å². The van der Waals surface area contributed by atoms with Crippen LogP contribution >= 0.6 is 0 Å². The number of morpholine rings is 1. The molecule has 1 aliphatic rings. The molecule has 3 aromatic rings. The van der Waals surface area contributed by atoms with E-state index in [2.05, 4.69) is 32.4 Å². The molecule has 1 fully saturated rings. The number of aryl methyl sites for hydroxylation is 1. The van der Waals surface area contributed by atoms with E-state index in [0.29, 0.717) is 12.2 Å². The van der Waals surface area contributed by atoms with Crippen molar-refractivity contribution >= 4 is 16.8 Å². The quantitative estimate of drug-likeness (QED) is 0.731. The van der Waals surface area contributed by atoms with Gasteiger partial charge in [-0.3, -0.25) is 14.4 Å². The summed E-state index contributed by atoms with van der Waals surface area (Å²) in [6.45, 7) is 4.81. The monoisotopic (exact) mass is 353 g/mol. The molecular weight excluding hydrogens is 330 g/mol. The van der Waals surface area contributed by atoms with Gasteiger partial charge in [-0.05, 0) is 18.2 Å². The molecule has 0 radical (unpaired) electrons. The van der Waals surface area contributed by atoms with Crippen molar-refractivity contribution in [2.75, 3.05) is 39.4 Å². The molecule has 1 aromatic carbocycles. The van der Waals surface area contributed by atoms with E-state index in [9.17, 15) is 4.79 Å². The maximum Gasteiger partial charge on any atom is 0.271 e. The van der Waals surface area contributed by atoms with Gasteiger partial charge in [0.15, 0.2) is 5.69 Å². The molecule has 1 aliphatic heterocycles. The Morgan fingerprint density at radius 1 is 1.27 bits per heavy atom. The fourth-order valence-electron chi connectivity index (χ4n) is 3.28. The van der Waals surface area contributed by atoms with E-state index < -0.39 is 0 Å². The topological polar surface area (TPSA) is 75.2 Å². The molecule has 0 saturated carbocycles. The van der Waals surface area contributed by atoms with Crippen LogP contribution < -0.4 is 5.32 Å². The number of nitrogens with zero attached hydrogens (tertiary/aromatic N) is 3. The fourth-order valence-corrected chi connectivity index (χ4v) is 3.28. The third-order valence-electron chi connectivity index (χ3n) is 4.74. The molecule has 1 saturated heterocycles. The first-order valence-electron chi connectivity index (χ1n) is 8.91. The van der Waals surface area contributed by atoms with Crippen molar-refractivity contribution in [1.82, 2.24) is 25.0 Å². The number of rotatable bonds is 5. The number of aromatic amines is 1. The van der Waals surface area contributed by atoms with E-state index >= 15 is 0 Å². The van der Waals surface area contributed by atoms with Crippen LogP contribution in [0.3, 0.4) is 0 Å². The number of amides is 1. The summed E-state index contributed by atoms with van der Waals surface area (Å²) in [5.41, 5.74) is 3.34. The number of para-hydroxylation sites is 1. The third kappa shape index (κ3) is 3.49. The highest BCUT2D eigenvalue weighted by molar-refractivity contribution is 5.94. The summed E-state index contributed by atoms with van der Waals surface area (Å²) in [6.07, 6.45) is 0. The molecule has 136 valence electrons. The smallest absolute Gasteiger partial charge is 0.271 e. The molecule has 26 heavy (non-hydrogen) atoms. The van der Waals surface area contributed by atoms with Crippen LogP contribution in [0.1, 0.15) is 10.5 Å². The summed E-state index contributed by atoms with van der Waals surface area (Å²) < 4.78 is 7.07. The Morgan fingerprint density at radius 2 is 2.08 bits per heavy atom. The van der Waals surface area contributed by atoms with E-state index in [-0.39, 0.29) is 5.91 Å². The van der Waals surface area contributed by atoms with Crippen molar-refractivity contribution in [2.45, 2.75) is 0 Å². The second-order valence-electron chi connectivity index (χ2n) is 6.52. The summed E-state index contributed by atoms with van der Waals surface area (Å²) in [6, 6.07) is 12.0. The number of hydrogen-bond acceptors (Lipinski definition) is 4. The van der Waals surface area contributed by atoms with Gasteiger partial charge in [0.05, 0.1) is 24.6 Å². The van der Waals surface area contributed by atoms with E-state index in [1.54, 1.807) is 4.68 Å². The van der Waals surface area contributed by atoms with Gasteiger partial charge in [0.1, 0.15) is 0 Å². The fraction of sp³-hybridized carbons (Fsp3) is 0.368. The van der Waals surface area contributed by atoms with Crippen molar-refractivity contribution in [1.29, 1.82) is 0 Å². The number of aromatic nitrogens is 3. The molecular formula is C19H23N5O2. The maximum atomic E-state index is 12.4. The SMILES string of the molecule is Cn1nc(C(=O)NCCN2CCOCC2)cc1-c1cc2ccccc2[nH]1. The van der Waals surface area contributed by atoms with Crippen molar-refractivity contribution in [3.8, 4) is 11.4 Å². The lowest BCUT2D eigenvalue weighted by molar-refractivity contribution is 0.0383. The van der Waals surface area contributed by atoms with E-state index in [0.717, 1.165) is 55.1 Å². The van der Waals surface area contributed by atoms with Gasteiger partial charge in [-0.25, -0.2) is 0 Å². The number of carbonyl (C=O) groups is 1. The number of carbonyl (C=O) groups excluding carboxylic acids is 1. The van der Waals surface area contributed by atoms with Crippen LogP contribution in [-0.4, -0.2) is 65.0 Å². The number of hydrogen-bond donors (Lipinski definition) is 2. The maximum absolute atomic E-state index is 12.4. The largest absolute Gasteiger partial charge is 0.379 e. The number of H-pyrrole nitrogens is 1. The van der Waals surface area contributed by atoms with Crippen molar-refractivity contribution in [3.63, 3.8) is 0 Å². The van der Waals surface area contributed by atoms with Gasteiger partial charge in [0.25, 0.3) is 5.91 Å². The number of benzene rings is 1. The normalized spacial score (nSPS) is 15.4. The molecule has 0 aliphatic carbocycles. The lowest BCUT2D eigenvalue weighted by Crippen LogP contribution is -2.41. The molecule has 0 bridgehead atoms. The second-order valence-corrected chi connectivity index (χ2v) is 6.52. The highest BCUT2D eigenvalue weighted by atomic mass is 16.5. The lowest BCUT2D eigenvalue weighted by Gasteiger charge is -2.26. The summed E-state index contributed by atoms with van der Waals surface area (Å²) in [5, 5.41) is 8.47. The van der Waals surface area contributed by atoms with Gasteiger partial charge >= 0.3 is 0 Å². The van der Waals surface area contributed by atoms with Crippen LogP contribution in [0, 0.1) is 0 Å². The Hall–Kier alpha value is -2.64.